The Hall–Kier alpha value is -2.22. The lowest BCUT2D eigenvalue weighted by Crippen LogP contribution is -2.39. The second-order valence-corrected chi connectivity index (χ2v) is 8.48. The molecule has 0 aliphatic heterocycles. The van der Waals surface area contributed by atoms with Gasteiger partial charge in [0, 0.05) is 11.1 Å². The second-order valence-electron chi connectivity index (χ2n) is 8.48. The maximum absolute atomic E-state index is 11.1. The van der Waals surface area contributed by atoms with Crippen LogP contribution in [0.4, 0.5) is 0 Å². The highest BCUT2D eigenvalue weighted by Gasteiger charge is 2.42. The highest BCUT2D eigenvalue weighted by molar-refractivity contribution is 5.75. The third kappa shape index (κ3) is 3.97. The number of hydrogen-bond acceptors (Lipinski definition) is 2. The first kappa shape index (κ1) is 20.5. The molecule has 0 radical (unpaired) electrons. The number of hydrogen-bond donors (Lipinski definition) is 0. The van der Waals surface area contributed by atoms with Crippen LogP contribution in [0, 0.1) is 0 Å². The molecule has 0 atom stereocenters. The summed E-state index contributed by atoms with van der Waals surface area (Å²) in [4.78, 5) is 22.2. The molecule has 2 heteroatoms. The lowest BCUT2D eigenvalue weighted by molar-refractivity contribution is 0.111. The molecule has 0 unspecified atom stereocenters. The first-order valence-corrected chi connectivity index (χ1v) is 10.7. The molecule has 0 amide bonds. The van der Waals surface area contributed by atoms with E-state index < -0.39 is 0 Å². The van der Waals surface area contributed by atoms with Crippen molar-refractivity contribution >= 4 is 12.6 Å². The van der Waals surface area contributed by atoms with E-state index in [9.17, 15) is 9.59 Å². The van der Waals surface area contributed by atoms with Gasteiger partial charge < -0.3 is 0 Å². The summed E-state index contributed by atoms with van der Waals surface area (Å²) in [5, 5.41) is 0. The maximum Gasteiger partial charge on any atom is 0.150 e. The zero-order valence-corrected chi connectivity index (χ0v) is 17.2. The van der Waals surface area contributed by atoms with E-state index >= 15 is 0 Å². The minimum absolute atomic E-state index is 0.0993. The zero-order valence-electron chi connectivity index (χ0n) is 17.2. The largest absolute Gasteiger partial charge is 0.298 e. The molecule has 0 saturated heterocycles. The molecule has 1 aliphatic rings. The van der Waals surface area contributed by atoms with Crippen LogP contribution in [0.1, 0.15) is 97.1 Å². The smallest absolute Gasteiger partial charge is 0.150 e. The van der Waals surface area contributed by atoms with Crippen LogP contribution >= 0.6 is 0 Å². The van der Waals surface area contributed by atoms with Gasteiger partial charge in [0.1, 0.15) is 12.6 Å². The number of benzene rings is 2. The third-order valence-corrected chi connectivity index (χ3v) is 7.16. The Balaban J connectivity index is 2.02. The van der Waals surface area contributed by atoms with E-state index in [1.807, 2.05) is 24.3 Å². The predicted molar refractivity (Wildman–Crippen MR) is 115 cm³/mol. The van der Waals surface area contributed by atoms with Gasteiger partial charge in [0.05, 0.1) is 0 Å². The van der Waals surface area contributed by atoms with Crippen molar-refractivity contribution in [2.45, 2.75) is 76.0 Å². The fourth-order valence-electron chi connectivity index (χ4n) is 5.28. The summed E-state index contributed by atoms with van der Waals surface area (Å²) in [6.45, 7) is 4.59. The predicted octanol–water partition coefficient (Wildman–Crippen LogP) is 6.66. The quantitative estimate of drug-likeness (QED) is 0.483. The van der Waals surface area contributed by atoms with Gasteiger partial charge in [-0.3, -0.25) is 9.59 Å². The van der Waals surface area contributed by atoms with Gasteiger partial charge in [0.15, 0.2) is 0 Å². The monoisotopic (exact) mass is 376 g/mol. The van der Waals surface area contributed by atoms with Crippen LogP contribution in [-0.4, -0.2) is 12.6 Å². The van der Waals surface area contributed by atoms with Crippen LogP contribution in [0.5, 0.6) is 0 Å². The topological polar surface area (TPSA) is 34.1 Å². The molecular weight excluding hydrogens is 344 g/mol. The summed E-state index contributed by atoms with van der Waals surface area (Å²) in [6.07, 6.45) is 11.4. The van der Waals surface area contributed by atoms with Gasteiger partial charge in [-0.25, -0.2) is 0 Å². The van der Waals surface area contributed by atoms with Crippen molar-refractivity contribution in [2.75, 3.05) is 0 Å². The Labute approximate surface area is 169 Å². The van der Waals surface area contributed by atoms with Crippen molar-refractivity contribution in [1.29, 1.82) is 0 Å². The molecule has 1 saturated carbocycles. The molecule has 0 bridgehead atoms. The molecular formula is C26H32O2. The van der Waals surface area contributed by atoms with Crippen molar-refractivity contribution in [3.8, 4) is 0 Å². The van der Waals surface area contributed by atoms with E-state index in [-0.39, 0.29) is 10.8 Å². The first-order valence-electron chi connectivity index (χ1n) is 10.7. The number of rotatable bonds is 8. The molecule has 0 spiro atoms. The summed E-state index contributed by atoms with van der Waals surface area (Å²) < 4.78 is 0. The van der Waals surface area contributed by atoms with Crippen molar-refractivity contribution in [3.05, 3.63) is 70.8 Å². The van der Waals surface area contributed by atoms with Gasteiger partial charge in [-0.05, 0) is 54.1 Å². The average Bonchev–Trinajstić information content (AvgIpc) is 2.78. The Bertz CT molecular complexity index is 776. The average molecular weight is 377 g/mol. The normalized spacial score (nSPS) is 16.5. The number of aldehydes is 2. The Morgan fingerprint density at radius 2 is 1.29 bits per heavy atom. The minimum atomic E-state index is 0.0993. The summed E-state index contributed by atoms with van der Waals surface area (Å²) in [5.41, 5.74) is 4.47. The van der Waals surface area contributed by atoms with Crippen molar-refractivity contribution in [1.82, 2.24) is 0 Å². The molecule has 0 heterocycles. The lowest BCUT2D eigenvalue weighted by atomic mass is 9.58. The molecule has 2 aromatic rings. The van der Waals surface area contributed by atoms with E-state index in [0.717, 1.165) is 43.0 Å². The maximum atomic E-state index is 11.1. The van der Waals surface area contributed by atoms with E-state index in [1.54, 1.807) is 0 Å². The van der Waals surface area contributed by atoms with Crippen molar-refractivity contribution in [3.63, 3.8) is 0 Å². The fraction of sp³-hybridized carbons (Fsp3) is 0.462. The van der Waals surface area contributed by atoms with Crippen LogP contribution in [0.25, 0.3) is 0 Å². The third-order valence-electron chi connectivity index (χ3n) is 7.16. The van der Waals surface area contributed by atoms with E-state index in [1.165, 1.54) is 43.2 Å². The van der Waals surface area contributed by atoms with Crippen LogP contribution in [0.15, 0.2) is 48.5 Å². The highest BCUT2D eigenvalue weighted by atomic mass is 16.1. The standard InChI is InChI=1S/C26H32O2/c1-3-25(4-2,23-12-8-21(18-27)9-13-23)20-26(16-6-5-7-17-26)24-14-10-22(19-28)11-15-24/h8-15,18-19H,3-7,16-17,20H2,1-2H3. The lowest BCUT2D eigenvalue weighted by Gasteiger charge is -2.46. The van der Waals surface area contributed by atoms with Crippen molar-refractivity contribution in [2.24, 2.45) is 0 Å². The molecule has 1 aliphatic carbocycles. The van der Waals surface area contributed by atoms with Crippen LogP contribution < -0.4 is 0 Å². The highest BCUT2D eigenvalue weighted by Crippen LogP contribution is 2.50. The molecule has 2 nitrogen and oxygen atoms in total. The Morgan fingerprint density at radius 1 is 0.786 bits per heavy atom. The molecule has 28 heavy (non-hydrogen) atoms. The Kier molecular flexibility index (Phi) is 6.49. The first-order chi connectivity index (χ1) is 13.6. The number of carbonyl (C=O) groups is 2. The molecule has 0 N–H and O–H groups in total. The van der Waals surface area contributed by atoms with Gasteiger partial charge in [0.2, 0.25) is 0 Å². The van der Waals surface area contributed by atoms with Gasteiger partial charge in [0.25, 0.3) is 0 Å². The van der Waals surface area contributed by atoms with Gasteiger partial charge in [-0.2, -0.15) is 0 Å². The Morgan fingerprint density at radius 3 is 1.75 bits per heavy atom. The van der Waals surface area contributed by atoms with Crippen LogP contribution in [0.2, 0.25) is 0 Å². The van der Waals surface area contributed by atoms with Crippen LogP contribution in [0.3, 0.4) is 0 Å². The molecule has 1 fully saturated rings. The molecule has 2 aromatic carbocycles. The van der Waals surface area contributed by atoms with E-state index in [4.69, 9.17) is 0 Å². The molecule has 148 valence electrons. The second kappa shape index (κ2) is 8.86. The fourth-order valence-corrected chi connectivity index (χ4v) is 5.28. The van der Waals surface area contributed by atoms with E-state index in [0.29, 0.717) is 0 Å². The summed E-state index contributed by atoms with van der Waals surface area (Å²) >= 11 is 0. The van der Waals surface area contributed by atoms with Crippen LogP contribution in [-0.2, 0) is 10.8 Å². The van der Waals surface area contributed by atoms with Gasteiger partial charge >= 0.3 is 0 Å². The van der Waals surface area contributed by atoms with Gasteiger partial charge in [-0.15, -0.1) is 0 Å². The minimum Gasteiger partial charge on any atom is -0.298 e. The number of carbonyl (C=O) groups excluding carboxylic acids is 2. The molecule has 0 aromatic heterocycles. The summed E-state index contributed by atoms with van der Waals surface area (Å²) in [7, 11) is 0. The van der Waals surface area contributed by atoms with Gasteiger partial charge in [-0.1, -0.05) is 81.6 Å². The summed E-state index contributed by atoms with van der Waals surface area (Å²) in [6, 6.07) is 16.5. The zero-order chi connectivity index (χ0) is 20.0. The molecule has 3 rings (SSSR count). The van der Waals surface area contributed by atoms with Crippen molar-refractivity contribution < 1.29 is 9.59 Å². The summed E-state index contributed by atoms with van der Waals surface area (Å²) in [5.74, 6) is 0. The SMILES string of the molecule is CCC(CC)(CC1(c2ccc(C=O)cc2)CCCCC1)c1ccc(C=O)cc1. The van der Waals surface area contributed by atoms with E-state index in [2.05, 4.69) is 38.1 Å².